The zero-order valence-corrected chi connectivity index (χ0v) is 25.6. The summed E-state index contributed by atoms with van der Waals surface area (Å²) in [4.78, 5) is 28.5. The van der Waals surface area contributed by atoms with Crippen molar-refractivity contribution in [1.29, 1.82) is 0 Å². The van der Waals surface area contributed by atoms with Gasteiger partial charge < -0.3 is 44.1 Å². The van der Waals surface area contributed by atoms with Crippen LogP contribution in [0.2, 0.25) is 0 Å². The molecule has 0 spiro atoms. The number of carbonyl (C=O) groups is 2. The predicted molar refractivity (Wildman–Crippen MR) is 153 cm³/mol. The largest absolute Gasteiger partial charge is 0.586 e. The lowest BCUT2D eigenvalue weighted by Gasteiger charge is -2.40. The second kappa shape index (κ2) is 11.5. The van der Waals surface area contributed by atoms with Crippen LogP contribution in [0.1, 0.15) is 56.2 Å². The maximum Gasteiger partial charge on any atom is 0.586 e. The molecule has 48 heavy (non-hydrogen) atoms. The Morgan fingerprint density at radius 1 is 0.958 bits per heavy atom. The molecule has 11 nitrogen and oxygen atoms in total. The van der Waals surface area contributed by atoms with E-state index in [9.17, 15) is 41.8 Å². The third kappa shape index (κ3) is 6.04. The molecule has 260 valence electrons. The van der Waals surface area contributed by atoms with Gasteiger partial charge in [0.05, 0.1) is 18.2 Å². The number of likely N-dealkylation sites (tertiary alicyclic amines) is 1. The number of nitrogens with one attached hydrogen (secondary N) is 1. The average molecular weight is 685 g/mol. The van der Waals surface area contributed by atoms with Gasteiger partial charge in [-0.25, -0.2) is 0 Å². The smallest absolute Gasteiger partial charge is 0.492 e. The van der Waals surface area contributed by atoms with E-state index in [2.05, 4.69) is 19.5 Å². The number of ether oxygens (including phenoxy) is 5. The van der Waals surface area contributed by atoms with E-state index in [0.29, 0.717) is 36.8 Å². The SMILES string of the molecule is C[C@]1(C(=O)N[C@@H]2C[C@H](C3CCC(C(=O)N4C[C@@H](O)[C@H](O)C4)CC3)Oc3cc(OC(F)(F)F)ccc32)COc2cc3c(cc21)OC(F)(F)O3. The van der Waals surface area contributed by atoms with Gasteiger partial charge in [0.1, 0.15) is 35.4 Å². The second-order valence-corrected chi connectivity index (χ2v) is 13.2. The van der Waals surface area contributed by atoms with Crippen molar-refractivity contribution in [2.45, 2.75) is 81.5 Å². The molecule has 16 heteroatoms. The molecule has 0 bridgehead atoms. The van der Waals surface area contributed by atoms with Crippen molar-refractivity contribution in [3.05, 3.63) is 41.5 Å². The molecule has 1 saturated carbocycles. The van der Waals surface area contributed by atoms with Gasteiger partial charge in [0.2, 0.25) is 11.8 Å². The van der Waals surface area contributed by atoms with Crippen LogP contribution < -0.4 is 29.0 Å². The first-order valence-corrected chi connectivity index (χ1v) is 15.7. The van der Waals surface area contributed by atoms with E-state index < -0.39 is 54.1 Å². The molecule has 5 atom stereocenters. The lowest BCUT2D eigenvalue weighted by atomic mass is 9.76. The van der Waals surface area contributed by atoms with Crippen LogP contribution in [-0.4, -0.2) is 77.6 Å². The number of aliphatic hydroxyl groups is 2. The Balaban J connectivity index is 1.10. The zero-order valence-electron chi connectivity index (χ0n) is 25.6. The van der Waals surface area contributed by atoms with Gasteiger partial charge >= 0.3 is 12.7 Å². The molecule has 2 aromatic rings. The molecule has 0 aromatic heterocycles. The lowest BCUT2D eigenvalue weighted by Crippen LogP contribution is -2.47. The Hall–Kier alpha value is -4.05. The molecule has 0 radical (unpaired) electrons. The first-order valence-electron chi connectivity index (χ1n) is 15.7. The van der Waals surface area contributed by atoms with Gasteiger partial charge in [-0.2, -0.15) is 0 Å². The minimum Gasteiger partial charge on any atom is -0.492 e. The summed E-state index contributed by atoms with van der Waals surface area (Å²) < 4.78 is 91.7. The Morgan fingerprint density at radius 2 is 1.62 bits per heavy atom. The molecule has 2 fully saturated rings. The van der Waals surface area contributed by atoms with E-state index >= 15 is 0 Å². The number of aliphatic hydroxyl groups excluding tert-OH is 2. The molecular formula is C32H33F5N2O9. The summed E-state index contributed by atoms with van der Waals surface area (Å²) in [5.74, 6) is -1.75. The standard InChI is InChI=1S/C32H33F5N2O9/c1-30(14-44-25-11-27-26(9-19(25)30)47-32(36,37)48-27)29(43)38-20-10-23(45-24-8-17(6-7-18(20)24)46-31(33,34)35)15-2-4-16(5-3-15)28(42)39-12-21(40)22(41)13-39/h6-9,11,15-16,20-23,40-41H,2-5,10,12-14H2,1H3,(H,38,43)/t15?,16?,20-,21-,22-,23-,30+/m1/s1. The van der Waals surface area contributed by atoms with Gasteiger partial charge in [-0.05, 0) is 56.7 Å². The van der Waals surface area contributed by atoms with Crippen molar-refractivity contribution in [2.75, 3.05) is 19.7 Å². The summed E-state index contributed by atoms with van der Waals surface area (Å²) in [6.07, 6.45) is -8.91. The molecule has 0 unspecified atom stereocenters. The number of nitrogens with zero attached hydrogens (tertiary/aromatic N) is 1. The second-order valence-electron chi connectivity index (χ2n) is 13.2. The van der Waals surface area contributed by atoms with Crippen molar-refractivity contribution in [2.24, 2.45) is 11.8 Å². The molecule has 4 heterocycles. The van der Waals surface area contributed by atoms with Crippen molar-refractivity contribution in [1.82, 2.24) is 10.2 Å². The highest BCUT2D eigenvalue weighted by molar-refractivity contribution is 5.90. The lowest BCUT2D eigenvalue weighted by molar-refractivity contribution is -0.286. The van der Waals surface area contributed by atoms with Crippen LogP contribution in [0.4, 0.5) is 22.0 Å². The van der Waals surface area contributed by atoms with Crippen molar-refractivity contribution >= 4 is 11.8 Å². The quantitative estimate of drug-likeness (QED) is 0.401. The monoisotopic (exact) mass is 684 g/mol. The van der Waals surface area contributed by atoms with E-state index in [4.69, 9.17) is 9.47 Å². The van der Waals surface area contributed by atoms with Gasteiger partial charge in [0.15, 0.2) is 11.5 Å². The first-order chi connectivity index (χ1) is 22.6. The highest BCUT2D eigenvalue weighted by atomic mass is 19.4. The number of β-amino-alcohol motifs (C(OH)–C–C–N with tert-alkyl or cyclic N) is 2. The summed E-state index contributed by atoms with van der Waals surface area (Å²) in [5, 5.41) is 22.7. The number of amides is 2. The van der Waals surface area contributed by atoms with E-state index in [1.807, 2.05) is 0 Å². The van der Waals surface area contributed by atoms with Crippen LogP contribution in [0.3, 0.4) is 0 Å². The van der Waals surface area contributed by atoms with Gasteiger partial charge in [-0.15, -0.1) is 22.0 Å². The fraction of sp³-hybridized carbons (Fsp3) is 0.562. The molecule has 1 saturated heterocycles. The maximum atomic E-state index is 14.0. The summed E-state index contributed by atoms with van der Waals surface area (Å²) in [7, 11) is 0. The fourth-order valence-corrected chi connectivity index (χ4v) is 7.38. The van der Waals surface area contributed by atoms with Crippen LogP contribution in [0, 0.1) is 11.8 Å². The minimum atomic E-state index is -4.94. The number of benzene rings is 2. The number of carbonyl (C=O) groups excluding carboxylic acids is 2. The van der Waals surface area contributed by atoms with Gasteiger partial charge in [-0.3, -0.25) is 9.59 Å². The van der Waals surface area contributed by atoms with Crippen molar-refractivity contribution in [3.63, 3.8) is 0 Å². The Kier molecular flexibility index (Phi) is 7.81. The molecule has 4 aliphatic heterocycles. The molecule has 5 aliphatic rings. The Morgan fingerprint density at radius 3 is 2.29 bits per heavy atom. The molecule has 2 aromatic carbocycles. The predicted octanol–water partition coefficient (Wildman–Crippen LogP) is 3.94. The molecule has 2 amide bonds. The zero-order chi connectivity index (χ0) is 34.2. The van der Waals surface area contributed by atoms with Crippen molar-refractivity contribution in [3.8, 4) is 28.7 Å². The minimum absolute atomic E-state index is 0.0658. The average Bonchev–Trinajstić information content (AvgIpc) is 3.64. The number of alkyl halides is 5. The topological polar surface area (TPSA) is 136 Å². The third-order valence-electron chi connectivity index (χ3n) is 9.98. The van der Waals surface area contributed by atoms with Gasteiger partial charge in [-0.1, -0.05) is 0 Å². The van der Waals surface area contributed by atoms with Crippen LogP contribution in [0.5, 0.6) is 28.7 Å². The summed E-state index contributed by atoms with van der Waals surface area (Å²) >= 11 is 0. The van der Waals surface area contributed by atoms with Crippen LogP contribution >= 0.6 is 0 Å². The number of hydrogen-bond donors (Lipinski definition) is 3. The maximum absolute atomic E-state index is 14.0. The van der Waals surface area contributed by atoms with E-state index in [1.54, 1.807) is 6.92 Å². The summed E-state index contributed by atoms with van der Waals surface area (Å²) in [6, 6.07) is 5.47. The first kappa shape index (κ1) is 32.5. The normalized spacial score (nSPS) is 31.7. The highest BCUT2D eigenvalue weighted by Gasteiger charge is 2.50. The molecule has 3 N–H and O–H groups in total. The molecule has 7 rings (SSSR count). The number of halogens is 5. The van der Waals surface area contributed by atoms with Crippen LogP contribution in [0.25, 0.3) is 0 Å². The van der Waals surface area contributed by atoms with E-state index in [0.717, 1.165) is 12.1 Å². The van der Waals surface area contributed by atoms with Gasteiger partial charge in [0, 0.05) is 48.7 Å². The fourth-order valence-electron chi connectivity index (χ4n) is 7.38. The van der Waals surface area contributed by atoms with Crippen LogP contribution in [0.15, 0.2) is 30.3 Å². The van der Waals surface area contributed by atoms with E-state index in [-0.39, 0.29) is 66.9 Å². The Bertz CT molecular complexity index is 1600. The molecule has 1 aliphatic carbocycles. The van der Waals surface area contributed by atoms with Crippen molar-refractivity contribution < 1.29 is 65.4 Å². The Labute approximate surface area is 270 Å². The van der Waals surface area contributed by atoms with Gasteiger partial charge in [0.25, 0.3) is 0 Å². The number of hydrogen-bond acceptors (Lipinski definition) is 9. The number of rotatable bonds is 5. The van der Waals surface area contributed by atoms with Crippen LogP contribution in [-0.2, 0) is 15.0 Å². The van der Waals surface area contributed by atoms with E-state index in [1.165, 1.54) is 23.1 Å². The third-order valence-corrected chi connectivity index (χ3v) is 9.98. The number of fused-ring (bicyclic) bond motifs is 3. The highest BCUT2D eigenvalue weighted by Crippen LogP contribution is 2.50. The summed E-state index contributed by atoms with van der Waals surface area (Å²) in [6.45, 7) is 1.60. The molecular weight excluding hydrogens is 651 g/mol. The summed E-state index contributed by atoms with van der Waals surface area (Å²) in [5.41, 5.74) is -0.607.